The van der Waals surface area contributed by atoms with Crippen LogP contribution in [0.2, 0.25) is 0 Å². The van der Waals surface area contributed by atoms with Crippen LogP contribution in [0.15, 0.2) is 76.2 Å². The number of halogens is 3. The van der Waals surface area contributed by atoms with E-state index in [0.29, 0.717) is 10.2 Å². The summed E-state index contributed by atoms with van der Waals surface area (Å²) in [4.78, 5) is 17.6. The smallest absolute Gasteiger partial charge is 0.267 e. The van der Waals surface area contributed by atoms with Gasteiger partial charge in [0, 0.05) is 16.5 Å². The van der Waals surface area contributed by atoms with E-state index in [9.17, 15) is 18.0 Å². The van der Waals surface area contributed by atoms with Gasteiger partial charge in [-0.25, -0.2) is 4.98 Å². The molecule has 8 heteroatoms. The minimum absolute atomic E-state index is 0.129. The molecule has 0 unspecified atom stereocenters. The number of fused-ring (bicyclic) bond motifs is 1. The first-order valence-corrected chi connectivity index (χ1v) is 9.08. The number of alkyl halides is 3. The van der Waals surface area contributed by atoms with Crippen molar-refractivity contribution in [3.05, 3.63) is 87.8 Å². The highest BCUT2D eigenvalue weighted by atomic mass is 32.1. The van der Waals surface area contributed by atoms with Crippen LogP contribution in [0.3, 0.4) is 0 Å². The van der Waals surface area contributed by atoms with Crippen LogP contribution in [0.5, 0.6) is 0 Å². The van der Waals surface area contributed by atoms with E-state index < -0.39 is 17.3 Å². The first-order valence-electron chi connectivity index (χ1n) is 8.20. The molecule has 2 heterocycles. The molecule has 0 saturated carbocycles. The molecule has 0 aliphatic rings. The van der Waals surface area contributed by atoms with Gasteiger partial charge in [-0.05, 0) is 11.6 Å². The van der Waals surface area contributed by atoms with Gasteiger partial charge in [0.2, 0.25) is 0 Å². The van der Waals surface area contributed by atoms with Crippen LogP contribution in [-0.4, -0.2) is 15.9 Å². The molecule has 0 aliphatic carbocycles. The molecule has 0 aliphatic heterocycles. The zero-order valence-corrected chi connectivity index (χ0v) is 15.0. The topological polar surface area (TPSA) is 47.2 Å². The third-order valence-electron chi connectivity index (χ3n) is 4.15. The van der Waals surface area contributed by atoms with E-state index in [1.165, 1.54) is 35.9 Å². The molecule has 0 amide bonds. The second-order valence-corrected chi connectivity index (χ2v) is 6.78. The Morgan fingerprint density at radius 2 is 1.75 bits per heavy atom. The second kappa shape index (κ2) is 7.05. The van der Waals surface area contributed by atoms with Gasteiger partial charge in [-0.1, -0.05) is 48.5 Å². The lowest BCUT2D eigenvalue weighted by molar-refractivity contribution is -0.137. The van der Waals surface area contributed by atoms with Crippen molar-refractivity contribution in [2.45, 2.75) is 6.18 Å². The van der Waals surface area contributed by atoms with Crippen LogP contribution in [0.1, 0.15) is 11.1 Å². The normalized spacial score (nSPS) is 12.1. The maximum atomic E-state index is 13.1. The number of rotatable bonds is 3. The summed E-state index contributed by atoms with van der Waals surface area (Å²) in [5.74, 6) is 0. The molecule has 2 aromatic heterocycles. The Morgan fingerprint density at radius 1 is 1.04 bits per heavy atom. The summed E-state index contributed by atoms with van der Waals surface area (Å²) in [5.41, 5.74) is 0.193. The molecule has 0 saturated heterocycles. The predicted octanol–water partition coefficient (Wildman–Crippen LogP) is 5.03. The number of aromatic nitrogens is 2. The summed E-state index contributed by atoms with van der Waals surface area (Å²) >= 11 is 1.33. The lowest BCUT2D eigenvalue weighted by Gasteiger charge is -2.09. The van der Waals surface area contributed by atoms with E-state index >= 15 is 0 Å². The largest absolute Gasteiger partial charge is 0.417 e. The Bertz CT molecular complexity index is 1230. The number of nitrogens with zero attached hydrogens (tertiary/aromatic N) is 3. The molecule has 4 rings (SSSR count). The Balaban J connectivity index is 1.81. The Labute approximate surface area is 161 Å². The zero-order valence-electron chi connectivity index (χ0n) is 14.2. The van der Waals surface area contributed by atoms with Crippen molar-refractivity contribution < 1.29 is 13.2 Å². The van der Waals surface area contributed by atoms with Crippen LogP contribution in [0.4, 0.5) is 13.2 Å². The quantitative estimate of drug-likeness (QED) is 0.454. The molecular formula is C20H12F3N3OS. The molecule has 4 aromatic rings. The van der Waals surface area contributed by atoms with Gasteiger partial charge in [0.05, 0.1) is 17.2 Å². The van der Waals surface area contributed by atoms with E-state index in [0.717, 1.165) is 28.1 Å². The highest BCUT2D eigenvalue weighted by Crippen LogP contribution is 2.31. The van der Waals surface area contributed by atoms with Crippen LogP contribution < -0.4 is 5.56 Å². The third-order valence-corrected chi connectivity index (χ3v) is 5.04. The lowest BCUT2D eigenvalue weighted by atomic mass is 10.1. The standard InChI is InChI=1S/C20H12F3N3OS/c21-20(22,23)16-9-5-4-8-14(16)10-25-26-12-24-18-17(19(26)27)15(11-28-18)13-6-2-1-3-7-13/h1-12H/b25-10-. The van der Waals surface area contributed by atoms with Crippen molar-refractivity contribution in [3.8, 4) is 11.1 Å². The fourth-order valence-electron chi connectivity index (χ4n) is 2.83. The summed E-state index contributed by atoms with van der Waals surface area (Å²) < 4.78 is 40.3. The maximum absolute atomic E-state index is 13.1. The van der Waals surface area contributed by atoms with Gasteiger partial charge in [0.15, 0.2) is 0 Å². The van der Waals surface area contributed by atoms with Crippen LogP contribution in [0, 0.1) is 0 Å². The molecule has 0 N–H and O–H groups in total. The summed E-state index contributed by atoms with van der Waals surface area (Å²) in [5, 5.41) is 6.16. The van der Waals surface area contributed by atoms with E-state index in [4.69, 9.17) is 0 Å². The minimum atomic E-state index is -4.51. The van der Waals surface area contributed by atoms with Crippen molar-refractivity contribution in [2.24, 2.45) is 5.10 Å². The molecule has 0 atom stereocenters. The van der Waals surface area contributed by atoms with Crippen LogP contribution in [0.25, 0.3) is 21.3 Å². The number of hydrogen-bond donors (Lipinski definition) is 0. The second-order valence-electron chi connectivity index (χ2n) is 5.92. The number of hydrogen-bond acceptors (Lipinski definition) is 4. The Hall–Kier alpha value is -3.26. The minimum Gasteiger partial charge on any atom is -0.267 e. The first-order chi connectivity index (χ1) is 13.4. The van der Waals surface area contributed by atoms with Gasteiger partial charge in [-0.3, -0.25) is 4.79 Å². The van der Waals surface area contributed by atoms with Crippen LogP contribution >= 0.6 is 11.3 Å². The molecule has 28 heavy (non-hydrogen) atoms. The molecule has 0 spiro atoms. The van der Waals surface area contributed by atoms with Crippen molar-refractivity contribution >= 4 is 27.8 Å². The molecule has 4 nitrogen and oxygen atoms in total. The van der Waals surface area contributed by atoms with E-state index in [2.05, 4.69) is 10.1 Å². The van der Waals surface area contributed by atoms with Gasteiger partial charge >= 0.3 is 6.18 Å². The molecule has 140 valence electrons. The van der Waals surface area contributed by atoms with E-state index in [1.807, 2.05) is 35.7 Å². The summed E-state index contributed by atoms with van der Waals surface area (Å²) in [6.07, 6.45) is -2.28. The Kier molecular flexibility index (Phi) is 4.56. The van der Waals surface area contributed by atoms with Gasteiger partial charge in [-0.2, -0.15) is 22.9 Å². The third kappa shape index (κ3) is 3.34. The number of benzene rings is 2. The van der Waals surface area contributed by atoms with Gasteiger partial charge in [-0.15, -0.1) is 11.3 Å². The van der Waals surface area contributed by atoms with Gasteiger partial charge in [0.25, 0.3) is 5.56 Å². The van der Waals surface area contributed by atoms with Crippen molar-refractivity contribution in [3.63, 3.8) is 0 Å². The van der Waals surface area contributed by atoms with Crippen LogP contribution in [-0.2, 0) is 6.18 Å². The molecule has 2 aromatic carbocycles. The summed E-state index contributed by atoms with van der Waals surface area (Å²) in [7, 11) is 0. The number of thiophene rings is 1. The van der Waals surface area contributed by atoms with Crippen molar-refractivity contribution in [1.82, 2.24) is 9.66 Å². The first kappa shape index (κ1) is 18.1. The molecule has 0 radical (unpaired) electrons. The van der Waals surface area contributed by atoms with Crippen molar-refractivity contribution in [2.75, 3.05) is 0 Å². The van der Waals surface area contributed by atoms with Gasteiger partial charge < -0.3 is 0 Å². The molecule has 0 bridgehead atoms. The lowest BCUT2D eigenvalue weighted by Crippen LogP contribution is -2.17. The maximum Gasteiger partial charge on any atom is 0.417 e. The van der Waals surface area contributed by atoms with E-state index in [-0.39, 0.29) is 5.56 Å². The summed E-state index contributed by atoms with van der Waals surface area (Å²) in [6.45, 7) is 0. The van der Waals surface area contributed by atoms with Crippen molar-refractivity contribution in [1.29, 1.82) is 0 Å². The monoisotopic (exact) mass is 399 g/mol. The molecular weight excluding hydrogens is 387 g/mol. The van der Waals surface area contributed by atoms with E-state index in [1.54, 1.807) is 0 Å². The Morgan fingerprint density at radius 3 is 2.50 bits per heavy atom. The van der Waals surface area contributed by atoms with Gasteiger partial charge in [0.1, 0.15) is 11.2 Å². The fraction of sp³-hybridized carbons (Fsp3) is 0.0500. The summed E-state index contributed by atoms with van der Waals surface area (Å²) in [6, 6.07) is 14.4. The highest BCUT2D eigenvalue weighted by Gasteiger charge is 2.32. The fourth-order valence-corrected chi connectivity index (χ4v) is 3.73. The SMILES string of the molecule is O=c1c2c(-c3ccccc3)csc2ncn1/N=C\c1ccccc1C(F)(F)F. The predicted molar refractivity (Wildman–Crippen MR) is 104 cm³/mol. The highest BCUT2D eigenvalue weighted by molar-refractivity contribution is 7.17. The molecule has 0 fully saturated rings. The average Bonchev–Trinajstić information content (AvgIpc) is 3.13. The zero-order chi connectivity index (χ0) is 19.7. The average molecular weight is 399 g/mol.